The molecule has 2 heterocycles. The SMILES string of the molecule is Cn1nccc1-c1nc(C(F)F)c(C(=O)O)o1. The van der Waals surface area contributed by atoms with E-state index in [9.17, 15) is 13.6 Å². The maximum Gasteiger partial charge on any atom is 0.374 e. The third-order valence-corrected chi connectivity index (χ3v) is 2.09. The van der Waals surface area contributed by atoms with Gasteiger partial charge in [0.1, 0.15) is 5.69 Å². The molecule has 0 saturated heterocycles. The van der Waals surface area contributed by atoms with Crippen molar-refractivity contribution in [1.29, 1.82) is 0 Å². The fourth-order valence-electron chi connectivity index (χ4n) is 1.33. The van der Waals surface area contributed by atoms with Crippen molar-refractivity contribution in [3.8, 4) is 11.6 Å². The van der Waals surface area contributed by atoms with Crippen molar-refractivity contribution in [3.63, 3.8) is 0 Å². The zero-order chi connectivity index (χ0) is 12.6. The van der Waals surface area contributed by atoms with E-state index in [0.29, 0.717) is 5.69 Å². The lowest BCUT2D eigenvalue weighted by Gasteiger charge is -1.94. The Morgan fingerprint density at radius 2 is 2.29 bits per heavy atom. The van der Waals surface area contributed by atoms with Gasteiger partial charge in [0.15, 0.2) is 5.69 Å². The summed E-state index contributed by atoms with van der Waals surface area (Å²) in [6.07, 6.45) is -1.59. The highest BCUT2D eigenvalue weighted by atomic mass is 19.3. The number of carbonyl (C=O) groups is 1. The molecule has 2 rings (SSSR count). The van der Waals surface area contributed by atoms with Gasteiger partial charge < -0.3 is 9.52 Å². The molecule has 0 aromatic carbocycles. The van der Waals surface area contributed by atoms with E-state index in [1.807, 2.05) is 0 Å². The number of aromatic carboxylic acids is 1. The molecular formula is C9H7F2N3O3. The summed E-state index contributed by atoms with van der Waals surface area (Å²) in [5, 5.41) is 12.5. The molecule has 17 heavy (non-hydrogen) atoms. The van der Waals surface area contributed by atoms with Crippen molar-refractivity contribution < 1.29 is 23.1 Å². The smallest absolute Gasteiger partial charge is 0.374 e. The van der Waals surface area contributed by atoms with Crippen LogP contribution in [0, 0.1) is 0 Å². The van der Waals surface area contributed by atoms with E-state index in [2.05, 4.69) is 10.1 Å². The molecule has 0 aliphatic rings. The van der Waals surface area contributed by atoms with E-state index >= 15 is 0 Å². The molecule has 0 amide bonds. The maximum absolute atomic E-state index is 12.5. The number of rotatable bonds is 3. The minimum absolute atomic E-state index is 0.197. The van der Waals surface area contributed by atoms with Gasteiger partial charge in [0.25, 0.3) is 6.43 Å². The van der Waals surface area contributed by atoms with Crippen LogP contribution in [0.5, 0.6) is 0 Å². The quantitative estimate of drug-likeness (QED) is 0.887. The van der Waals surface area contributed by atoms with Crippen molar-refractivity contribution in [2.75, 3.05) is 0 Å². The Hall–Kier alpha value is -2.25. The summed E-state index contributed by atoms with van der Waals surface area (Å²) in [7, 11) is 1.56. The number of carboxylic acids is 1. The molecule has 90 valence electrons. The molecule has 0 saturated carbocycles. The lowest BCUT2D eigenvalue weighted by Crippen LogP contribution is -1.99. The number of alkyl halides is 2. The van der Waals surface area contributed by atoms with Crippen LogP contribution in [0.4, 0.5) is 8.78 Å². The van der Waals surface area contributed by atoms with Gasteiger partial charge >= 0.3 is 5.97 Å². The van der Waals surface area contributed by atoms with Gasteiger partial charge in [-0.2, -0.15) is 5.10 Å². The van der Waals surface area contributed by atoms with E-state index in [4.69, 9.17) is 9.52 Å². The molecule has 0 aliphatic carbocycles. The lowest BCUT2D eigenvalue weighted by molar-refractivity contribution is 0.0646. The maximum atomic E-state index is 12.5. The summed E-state index contributed by atoms with van der Waals surface area (Å²) in [4.78, 5) is 14.2. The van der Waals surface area contributed by atoms with Crippen LogP contribution in [0.1, 0.15) is 22.7 Å². The van der Waals surface area contributed by atoms with Crippen molar-refractivity contribution in [2.45, 2.75) is 6.43 Å². The van der Waals surface area contributed by atoms with E-state index in [1.54, 1.807) is 7.05 Å². The molecule has 2 aromatic heterocycles. The highest BCUT2D eigenvalue weighted by Gasteiger charge is 2.27. The number of hydrogen-bond acceptors (Lipinski definition) is 4. The summed E-state index contributed by atoms with van der Waals surface area (Å²) in [6.45, 7) is 0. The van der Waals surface area contributed by atoms with E-state index in [0.717, 1.165) is 0 Å². The Balaban J connectivity index is 2.55. The number of hydrogen-bond donors (Lipinski definition) is 1. The van der Waals surface area contributed by atoms with Gasteiger partial charge in [0, 0.05) is 13.2 Å². The number of halogens is 2. The Kier molecular flexibility index (Phi) is 2.62. The third-order valence-electron chi connectivity index (χ3n) is 2.09. The van der Waals surface area contributed by atoms with Crippen LogP contribution in [0.25, 0.3) is 11.6 Å². The zero-order valence-electron chi connectivity index (χ0n) is 8.59. The van der Waals surface area contributed by atoms with Gasteiger partial charge in [-0.15, -0.1) is 0 Å². The van der Waals surface area contributed by atoms with Crippen molar-refractivity contribution in [2.24, 2.45) is 7.05 Å². The summed E-state index contributed by atoms with van der Waals surface area (Å²) in [5.41, 5.74) is -0.562. The summed E-state index contributed by atoms with van der Waals surface area (Å²) < 4.78 is 31.2. The second-order valence-corrected chi connectivity index (χ2v) is 3.18. The topological polar surface area (TPSA) is 81.2 Å². The molecule has 0 unspecified atom stereocenters. The standard InChI is InChI=1S/C9H7F2N3O3/c1-14-4(2-3-12-14)8-13-5(7(10)11)6(17-8)9(15)16/h2-3,7H,1H3,(H,15,16). The monoisotopic (exact) mass is 243 g/mol. The second-order valence-electron chi connectivity index (χ2n) is 3.18. The molecule has 0 atom stereocenters. The molecule has 0 radical (unpaired) electrons. The molecular weight excluding hydrogens is 236 g/mol. The van der Waals surface area contributed by atoms with Gasteiger partial charge in [-0.05, 0) is 6.07 Å². The summed E-state index contributed by atoms with van der Waals surface area (Å²) >= 11 is 0. The van der Waals surface area contributed by atoms with E-state index in [-0.39, 0.29) is 5.89 Å². The highest BCUT2D eigenvalue weighted by Crippen LogP contribution is 2.27. The van der Waals surface area contributed by atoms with Crippen molar-refractivity contribution in [1.82, 2.24) is 14.8 Å². The molecule has 6 nitrogen and oxygen atoms in total. The molecule has 0 fully saturated rings. The predicted molar refractivity (Wildman–Crippen MR) is 50.6 cm³/mol. The lowest BCUT2D eigenvalue weighted by atomic mass is 10.3. The van der Waals surface area contributed by atoms with Crippen LogP contribution in [-0.2, 0) is 7.05 Å². The number of aromatic nitrogens is 3. The average molecular weight is 243 g/mol. The normalized spacial score (nSPS) is 11.1. The van der Waals surface area contributed by atoms with Crippen molar-refractivity contribution >= 4 is 5.97 Å². The Labute approximate surface area is 93.5 Å². The number of oxazole rings is 1. The molecule has 2 aromatic rings. The number of aryl methyl sites for hydroxylation is 1. The molecule has 0 spiro atoms. The highest BCUT2D eigenvalue weighted by molar-refractivity contribution is 5.86. The minimum Gasteiger partial charge on any atom is -0.475 e. The summed E-state index contributed by atoms with van der Waals surface area (Å²) in [6, 6.07) is 1.48. The third kappa shape index (κ3) is 1.88. The van der Waals surface area contributed by atoms with Crippen LogP contribution in [-0.4, -0.2) is 25.8 Å². The van der Waals surface area contributed by atoms with Gasteiger partial charge in [-0.25, -0.2) is 18.6 Å². The van der Waals surface area contributed by atoms with Gasteiger partial charge in [0.05, 0.1) is 0 Å². The van der Waals surface area contributed by atoms with Gasteiger partial charge in [-0.1, -0.05) is 0 Å². The fraction of sp³-hybridized carbons (Fsp3) is 0.222. The van der Waals surface area contributed by atoms with Crippen LogP contribution in [0.15, 0.2) is 16.7 Å². The number of nitrogens with zero attached hydrogens (tertiary/aromatic N) is 3. The van der Waals surface area contributed by atoms with Crippen LogP contribution < -0.4 is 0 Å². The Morgan fingerprint density at radius 3 is 2.71 bits per heavy atom. The van der Waals surface area contributed by atoms with Gasteiger partial charge in [-0.3, -0.25) is 4.68 Å². The largest absolute Gasteiger partial charge is 0.475 e. The van der Waals surface area contributed by atoms with Crippen molar-refractivity contribution in [3.05, 3.63) is 23.7 Å². The Bertz CT molecular complexity index is 562. The number of carboxylic acid groups (broad SMARTS) is 1. The molecule has 8 heteroatoms. The van der Waals surface area contributed by atoms with Gasteiger partial charge in [0.2, 0.25) is 11.7 Å². The fourth-order valence-corrected chi connectivity index (χ4v) is 1.33. The van der Waals surface area contributed by atoms with Crippen LogP contribution in [0.2, 0.25) is 0 Å². The van der Waals surface area contributed by atoms with Crippen LogP contribution in [0.3, 0.4) is 0 Å². The Morgan fingerprint density at radius 1 is 1.59 bits per heavy atom. The molecule has 1 N–H and O–H groups in total. The summed E-state index contributed by atoms with van der Waals surface area (Å²) in [5.74, 6) is -2.63. The second kappa shape index (κ2) is 3.96. The van der Waals surface area contributed by atoms with Crippen LogP contribution >= 0.6 is 0 Å². The molecule has 0 aliphatic heterocycles. The first-order valence-electron chi connectivity index (χ1n) is 4.51. The van der Waals surface area contributed by atoms with E-state index < -0.39 is 23.8 Å². The first-order valence-corrected chi connectivity index (χ1v) is 4.51. The van der Waals surface area contributed by atoms with E-state index in [1.165, 1.54) is 16.9 Å². The first kappa shape index (κ1) is 11.2. The average Bonchev–Trinajstić information content (AvgIpc) is 2.82. The minimum atomic E-state index is -3.01. The zero-order valence-corrected chi connectivity index (χ0v) is 8.59. The molecule has 0 bridgehead atoms. The predicted octanol–water partition coefficient (Wildman–Crippen LogP) is 1.71. The first-order chi connectivity index (χ1) is 8.00.